The van der Waals surface area contributed by atoms with Crippen molar-refractivity contribution in [3.8, 4) is 17.0 Å². The van der Waals surface area contributed by atoms with Crippen LogP contribution in [0, 0.1) is 0 Å². The molecule has 1 aliphatic heterocycles. The van der Waals surface area contributed by atoms with Gasteiger partial charge in [-0.05, 0) is 23.3 Å². The van der Waals surface area contributed by atoms with E-state index in [4.69, 9.17) is 27.9 Å². The molecule has 0 unspecified atom stereocenters. The summed E-state index contributed by atoms with van der Waals surface area (Å²) in [6, 6.07) is 5.53. The van der Waals surface area contributed by atoms with Crippen molar-refractivity contribution in [2.45, 2.75) is 13.0 Å². The number of carbonyl (C=O) groups excluding carboxylic acids is 1. The highest BCUT2D eigenvalue weighted by Crippen LogP contribution is 2.42. The molecule has 0 bridgehead atoms. The number of aliphatic hydroxyl groups is 1. The van der Waals surface area contributed by atoms with Gasteiger partial charge in [0.25, 0.3) is 0 Å². The molecule has 1 aromatic carbocycles. The number of carbonyl (C=O) groups is 1. The average molecular weight is 406 g/mol. The number of hydrogen-bond acceptors (Lipinski definition) is 4. The number of halogens is 2. The van der Waals surface area contributed by atoms with Crippen LogP contribution in [0.25, 0.3) is 22.0 Å². The molecule has 0 fully saturated rings. The summed E-state index contributed by atoms with van der Waals surface area (Å²) in [6.07, 6.45) is 2.33. The topological polar surface area (TPSA) is 78.5 Å². The molecule has 2 aromatic heterocycles. The standard InChI is InChI=1S/C19H17Cl2N3O3/c1-27-15-6-10(2-4-22-15)11-7-13(20)18(21)19-17(11)12-8-24(16(26)9-25)5-3-14(12)23-19/h2,4,6-7,23,25H,3,5,8-9H2,1H3. The summed E-state index contributed by atoms with van der Waals surface area (Å²) in [5.41, 5.74) is 4.53. The van der Waals surface area contributed by atoms with Crippen molar-refractivity contribution in [2.24, 2.45) is 0 Å². The van der Waals surface area contributed by atoms with Gasteiger partial charge >= 0.3 is 0 Å². The number of rotatable bonds is 3. The van der Waals surface area contributed by atoms with E-state index >= 15 is 0 Å². The number of nitrogens with one attached hydrogen (secondary N) is 1. The number of nitrogens with zero attached hydrogens (tertiary/aromatic N) is 2. The molecule has 0 spiro atoms. The van der Waals surface area contributed by atoms with Gasteiger partial charge in [0.05, 0.1) is 22.7 Å². The van der Waals surface area contributed by atoms with Gasteiger partial charge in [-0.1, -0.05) is 23.2 Å². The number of aliphatic hydroxyl groups excluding tert-OH is 1. The van der Waals surface area contributed by atoms with Gasteiger partial charge in [-0.25, -0.2) is 4.98 Å². The second-order valence-electron chi connectivity index (χ2n) is 6.36. The van der Waals surface area contributed by atoms with Crippen LogP contribution in [0.3, 0.4) is 0 Å². The molecule has 0 saturated carbocycles. The summed E-state index contributed by atoms with van der Waals surface area (Å²) in [7, 11) is 1.56. The van der Waals surface area contributed by atoms with Crippen LogP contribution < -0.4 is 4.74 Å². The lowest BCUT2D eigenvalue weighted by Crippen LogP contribution is -2.37. The molecule has 2 N–H and O–H groups in total. The number of H-pyrrole nitrogens is 1. The largest absolute Gasteiger partial charge is 0.481 e. The van der Waals surface area contributed by atoms with Gasteiger partial charge < -0.3 is 19.7 Å². The highest BCUT2D eigenvalue weighted by Gasteiger charge is 2.27. The predicted octanol–water partition coefficient (Wildman–Crippen LogP) is 3.42. The zero-order valence-corrected chi connectivity index (χ0v) is 16.1. The van der Waals surface area contributed by atoms with Crippen LogP contribution in [0.5, 0.6) is 5.88 Å². The number of methoxy groups -OCH3 is 1. The second kappa shape index (κ2) is 7.03. The van der Waals surface area contributed by atoms with Crippen molar-refractivity contribution in [1.82, 2.24) is 14.9 Å². The van der Waals surface area contributed by atoms with Crippen LogP contribution in [0.2, 0.25) is 10.0 Å². The molecule has 0 radical (unpaired) electrons. The van der Waals surface area contributed by atoms with E-state index in [9.17, 15) is 9.90 Å². The van der Waals surface area contributed by atoms with Gasteiger partial charge in [0.15, 0.2) is 0 Å². The molecule has 0 aliphatic carbocycles. The van der Waals surface area contributed by atoms with Crippen LogP contribution in [0.4, 0.5) is 0 Å². The number of hydrogen-bond donors (Lipinski definition) is 2. The minimum atomic E-state index is -0.501. The molecule has 3 heterocycles. The first kappa shape index (κ1) is 18.1. The highest BCUT2D eigenvalue weighted by atomic mass is 35.5. The van der Waals surface area contributed by atoms with E-state index in [0.717, 1.165) is 33.3 Å². The molecule has 0 atom stereocenters. The van der Waals surface area contributed by atoms with Crippen LogP contribution in [0.15, 0.2) is 24.4 Å². The monoisotopic (exact) mass is 405 g/mol. The lowest BCUT2D eigenvalue weighted by atomic mass is 9.96. The fourth-order valence-electron chi connectivity index (χ4n) is 3.57. The molecule has 0 saturated heterocycles. The average Bonchev–Trinajstić information content (AvgIpc) is 3.09. The van der Waals surface area contributed by atoms with E-state index in [1.165, 1.54) is 0 Å². The maximum atomic E-state index is 12.0. The summed E-state index contributed by atoms with van der Waals surface area (Å²) in [5.74, 6) is 0.204. The van der Waals surface area contributed by atoms with E-state index in [1.54, 1.807) is 18.2 Å². The first-order chi connectivity index (χ1) is 13.0. The Morgan fingerprint density at radius 1 is 1.41 bits per heavy atom. The van der Waals surface area contributed by atoms with Crippen LogP contribution >= 0.6 is 23.2 Å². The first-order valence-corrected chi connectivity index (χ1v) is 9.19. The number of benzene rings is 1. The Kier molecular flexibility index (Phi) is 4.72. The maximum absolute atomic E-state index is 12.0. The zero-order valence-electron chi connectivity index (χ0n) is 14.6. The fourth-order valence-corrected chi connectivity index (χ4v) is 3.97. The van der Waals surface area contributed by atoms with Crippen LogP contribution in [-0.2, 0) is 17.8 Å². The van der Waals surface area contributed by atoms with E-state index in [1.807, 2.05) is 18.2 Å². The smallest absolute Gasteiger partial charge is 0.248 e. The highest BCUT2D eigenvalue weighted by molar-refractivity contribution is 6.45. The van der Waals surface area contributed by atoms with Crippen LogP contribution in [0.1, 0.15) is 11.3 Å². The van der Waals surface area contributed by atoms with E-state index in [0.29, 0.717) is 35.4 Å². The van der Waals surface area contributed by atoms with Gasteiger partial charge in [-0.3, -0.25) is 4.79 Å². The lowest BCUT2D eigenvalue weighted by molar-refractivity contribution is -0.135. The molecule has 140 valence electrons. The fraction of sp³-hybridized carbons (Fsp3) is 0.263. The summed E-state index contributed by atoms with van der Waals surface area (Å²) in [6.45, 7) is 0.448. The van der Waals surface area contributed by atoms with Gasteiger partial charge in [-0.2, -0.15) is 0 Å². The van der Waals surface area contributed by atoms with E-state index in [2.05, 4.69) is 9.97 Å². The van der Waals surface area contributed by atoms with Crippen molar-refractivity contribution < 1.29 is 14.6 Å². The van der Waals surface area contributed by atoms with Gasteiger partial charge in [0.2, 0.25) is 11.8 Å². The molecule has 3 aromatic rings. The minimum Gasteiger partial charge on any atom is -0.481 e. The molecule has 6 nitrogen and oxygen atoms in total. The first-order valence-electron chi connectivity index (χ1n) is 8.44. The normalized spacial score (nSPS) is 13.7. The quantitative estimate of drug-likeness (QED) is 0.699. The number of aromatic amines is 1. The third kappa shape index (κ3) is 3.04. The van der Waals surface area contributed by atoms with E-state index < -0.39 is 6.61 Å². The minimum absolute atomic E-state index is 0.290. The van der Waals surface area contributed by atoms with E-state index in [-0.39, 0.29) is 5.91 Å². The Morgan fingerprint density at radius 2 is 2.22 bits per heavy atom. The molecule has 8 heteroatoms. The Labute approximate surface area is 165 Å². The summed E-state index contributed by atoms with van der Waals surface area (Å²) >= 11 is 12.9. The van der Waals surface area contributed by atoms with Crippen molar-refractivity contribution in [3.63, 3.8) is 0 Å². The molecule has 1 amide bonds. The Morgan fingerprint density at radius 3 is 2.96 bits per heavy atom. The summed E-state index contributed by atoms with van der Waals surface area (Å²) < 4.78 is 5.24. The zero-order chi connectivity index (χ0) is 19.1. The number of aromatic nitrogens is 2. The Balaban J connectivity index is 1.96. The molecule has 1 aliphatic rings. The number of amides is 1. The number of ether oxygens (including phenoxy) is 1. The molecule has 27 heavy (non-hydrogen) atoms. The van der Waals surface area contributed by atoms with Gasteiger partial charge in [0.1, 0.15) is 6.61 Å². The maximum Gasteiger partial charge on any atom is 0.248 e. The predicted molar refractivity (Wildman–Crippen MR) is 104 cm³/mol. The second-order valence-corrected chi connectivity index (χ2v) is 7.15. The summed E-state index contributed by atoms with van der Waals surface area (Å²) in [4.78, 5) is 21.2. The van der Waals surface area contributed by atoms with Gasteiger partial charge in [0, 0.05) is 48.4 Å². The van der Waals surface area contributed by atoms with Crippen molar-refractivity contribution in [3.05, 3.63) is 45.7 Å². The van der Waals surface area contributed by atoms with Crippen molar-refractivity contribution in [1.29, 1.82) is 0 Å². The molecular formula is C19H17Cl2N3O3. The Bertz CT molecular complexity index is 1050. The molecular weight excluding hydrogens is 389 g/mol. The summed E-state index contributed by atoms with van der Waals surface area (Å²) in [5, 5.41) is 11.0. The lowest BCUT2D eigenvalue weighted by Gasteiger charge is -2.27. The number of pyridine rings is 1. The third-order valence-corrected chi connectivity index (χ3v) is 5.67. The van der Waals surface area contributed by atoms with Crippen LogP contribution in [-0.4, -0.2) is 46.1 Å². The van der Waals surface area contributed by atoms with Gasteiger partial charge in [-0.15, -0.1) is 0 Å². The Hall–Kier alpha value is -2.28. The van der Waals surface area contributed by atoms with Crippen molar-refractivity contribution in [2.75, 3.05) is 20.3 Å². The SMILES string of the molecule is COc1cc(-c2cc(Cl)c(Cl)c3[nH]c4c(c23)CN(C(=O)CO)CC4)ccn1. The number of fused-ring (bicyclic) bond motifs is 3. The van der Waals surface area contributed by atoms with Crippen molar-refractivity contribution >= 4 is 40.0 Å². The third-order valence-electron chi connectivity index (χ3n) is 4.89. The molecule has 4 rings (SSSR count).